The molecule has 1 fully saturated rings. The molecule has 1 rings (SSSR count). The normalized spacial score (nSPS) is 23.4. The Bertz CT molecular complexity index is 406. The molecule has 21 heavy (non-hydrogen) atoms. The molecule has 0 aromatic carbocycles. The van der Waals surface area contributed by atoms with Gasteiger partial charge in [0.05, 0.1) is 0 Å². The second-order valence-corrected chi connectivity index (χ2v) is 4.66. The predicted octanol–water partition coefficient (Wildman–Crippen LogP) is 7.20. The molecule has 0 unspecified atom stereocenters. The van der Waals surface area contributed by atoms with Gasteiger partial charge in [-0.25, -0.2) is 0 Å². The topological polar surface area (TPSA) is 0 Å². The van der Waals surface area contributed by atoms with Gasteiger partial charge in [-0.2, -0.15) is 0 Å². The van der Waals surface area contributed by atoms with Crippen LogP contribution in [0, 0.1) is 5.41 Å². The van der Waals surface area contributed by atoms with Crippen LogP contribution in [0.2, 0.25) is 0 Å². The highest BCUT2D eigenvalue weighted by molar-refractivity contribution is 5.69. The molecule has 0 aromatic rings. The molecule has 0 atom stereocenters. The molecule has 118 valence electrons. The van der Waals surface area contributed by atoms with Crippen LogP contribution in [0.15, 0.2) is 71.9 Å². The van der Waals surface area contributed by atoms with Gasteiger partial charge in [0.25, 0.3) is 0 Å². The van der Waals surface area contributed by atoms with E-state index in [4.69, 9.17) is 0 Å². The van der Waals surface area contributed by atoms with Crippen LogP contribution in [0.5, 0.6) is 0 Å². The van der Waals surface area contributed by atoms with Crippen molar-refractivity contribution in [1.29, 1.82) is 0 Å². The van der Waals surface area contributed by atoms with Crippen molar-refractivity contribution >= 4 is 0 Å². The second-order valence-electron chi connectivity index (χ2n) is 4.66. The fraction of sp³-hybridized carbons (Fsp3) is 0.429. The average Bonchev–Trinajstić information content (AvgIpc) is 2.72. The van der Waals surface area contributed by atoms with Crippen LogP contribution < -0.4 is 0 Å². The predicted molar refractivity (Wildman–Crippen MR) is 101 cm³/mol. The largest absolute Gasteiger partial charge is 0.0991 e. The van der Waals surface area contributed by atoms with Crippen LogP contribution in [0.3, 0.4) is 0 Å². The van der Waals surface area contributed by atoms with E-state index in [9.17, 15) is 0 Å². The fourth-order valence-corrected chi connectivity index (χ4v) is 2.56. The fourth-order valence-electron chi connectivity index (χ4n) is 2.56. The van der Waals surface area contributed by atoms with Crippen molar-refractivity contribution in [3.63, 3.8) is 0 Å². The Morgan fingerprint density at radius 3 is 1.19 bits per heavy atom. The van der Waals surface area contributed by atoms with Crippen molar-refractivity contribution in [2.24, 2.45) is 5.41 Å². The van der Waals surface area contributed by atoms with Gasteiger partial charge in [-0.15, -0.1) is 0 Å². The third-order valence-electron chi connectivity index (χ3n) is 3.36. The number of hydrogen-bond acceptors (Lipinski definition) is 0. The SMILES string of the molecule is C=C/C=C1\C(=CC)C(=C/C)/C(=C\C=C)C1(C)C.CC.CC. The first-order valence-electron chi connectivity index (χ1n) is 8.04. The van der Waals surface area contributed by atoms with Crippen molar-refractivity contribution in [1.82, 2.24) is 0 Å². The molecule has 0 heteroatoms. The van der Waals surface area contributed by atoms with E-state index in [1.807, 2.05) is 39.8 Å². The van der Waals surface area contributed by atoms with Crippen molar-refractivity contribution in [2.75, 3.05) is 0 Å². The molecule has 0 amide bonds. The lowest BCUT2D eigenvalue weighted by Crippen LogP contribution is -2.10. The summed E-state index contributed by atoms with van der Waals surface area (Å²) in [6.45, 7) is 24.3. The third-order valence-corrected chi connectivity index (χ3v) is 3.36. The highest BCUT2D eigenvalue weighted by Gasteiger charge is 2.39. The molecule has 1 aliphatic rings. The summed E-state index contributed by atoms with van der Waals surface area (Å²) < 4.78 is 0. The lowest BCUT2D eigenvalue weighted by Gasteiger charge is -2.21. The summed E-state index contributed by atoms with van der Waals surface area (Å²) in [5.74, 6) is 0. The van der Waals surface area contributed by atoms with Gasteiger partial charge in [-0.3, -0.25) is 0 Å². The van der Waals surface area contributed by atoms with Crippen molar-refractivity contribution in [3.8, 4) is 0 Å². The first-order chi connectivity index (χ1) is 10.0. The number of hydrogen-bond donors (Lipinski definition) is 0. The van der Waals surface area contributed by atoms with Crippen LogP contribution in [-0.2, 0) is 0 Å². The molecular weight excluding hydrogens is 252 g/mol. The molecule has 1 saturated carbocycles. The van der Waals surface area contributed by atoms with E-state index in [0.717, 1.165) is 0 Å². The Hall–Kier alpha value is -1.56. The molecule has 0 bridgehead atoms. The Balaban J connectivity index is 0. The van der Waals surface area contributed by atoms with Crippen molar-refractivity contribution < 1.29 is 0 Å². The first-order valence-corrected chi connectivity index (χ1v) is 8.04. The van der Waals surface area contributed by atoms with Crippen molar-refractivity contribution in [3.05, 3.63) is 71.9 Å². The Kier molecular flexibility index (Phi) is 11.5. The summed E-state index contributed by atoms with van der Waals surface area (Å²) in [7, 11) is 0. The van der Waals surface area contributed by atoms with Gasteiger partial charge in [0.2, 0.25) is 0 Å². The number of allylic oxidation sites excluding steroid dienone is 10. The molecular formula is C21H34. The first kappa shape index (κ1) is 21.7. The lowest BCUT2D eigenvalue weighted by atomic mass is 9.82. The van der Waals surface area contributed by atoms with E-state index in [2.05, 4.69) is 65.2 Å². The van der Waals surface area contributed by atoms with Gasteiger partial charge in [0.15, 0.2) is 0 Å². The summed E-state index contributed by atoms with van der Waals surface area (Å²) in [4.78, 5) is 0. The molecule has 0 saturated heterocycles. The summed E-state index contributed by atoms with van der Waals surface area (Å²) in [6, 6.07) is 0. The zero-order valence-electron chi connectivity index (χ0n) is 15.4. The van der Waals surface area contributed by atoms with E-state index >= 15 is 0 Å². The molecule has 0 radical (unpaired) electrons. The monoisotopic (exact) mass is 286 g/mol. The van der Waals surface area contributed by atoms with Crippen molar-refractivity contribution in [2.45, 2.75) is 55.4 Å². The van der Waals surface area contributed by atoms with Gasteiger partial charge in [0, 0.05) is 5.41 Å². The third kappa shape index (κ3) is 4.74. The van der Waals surface area contributed by atoms with Gasteiger partial charge in [0.1, 0.15) is 0 Å². The van der Waals surface area contributed by atoms with E-state index in [-0.39, 0.29) is 5.41 Å². The molecule has 0 nitrogen and oxygen atoms in total. The van der Waals surface area contributed by atoms with Gasteiger partial charge in [-0.05, 0) is 36.1 Å². The maximum absolute atomic E-state index is 3.82. The van der Waals surface area contributed by atoms with Crippen LogP contribution in [0.25, 0.3) is 0 Å². The van der Waals surface area contributed by atoms with Crippen LogP contribution in [0.4, 0.5) is 0 Å². The quantitative estimate of drug-likeness (QED) is 0.503. The molecule has 0 aliphatic heterocycles. The summed E-state index contributed by atoms with van der Waals surface area (Å²) in [5.41, 5.74) is 5.30. The van der Waals surface area contributed by atoms with E-state index in [1.165, 1.54) is 22.3 Å². The summed E-state index contributed by atoms with van der Waals surface area (Å²) in [6.07, 6.45) is 12.3. The van der Waals surface area contributed by atoms with E-state index < -0.39 is 0 Å². The molecule has 0 aromatic heterocycles. The molecule has 0 N–H and O–H groups in total. The van der Waals surface area contributed by atoms with Gasteiger partial charge in [-0.1, -0.05) is 91.2 Å². The van der Waals surface area contributed by atoms with Gasteiger partial charge >= 0.3 is 0 Å². The maximum atomic E-state index is 3.82. The minimum atomic E-state index is 0.0199. The minimum absolute atomic E-state index is 0.0199. The Labute approximate surface area is 133 Å². The van der Waals surface area contributed by atoms with Gasteiger partial charge < -0.3 is 0 Å². The lowest BCUT2D eigenvalue weighted by molar-refractivity contribution is 0.583. The Morgan fingerprint density at radius 2 is 1.00 bits per heavy atom. The Morgan fingerprint density at radius 1 is 0.714 bits per heavy atom. The second kappa shape index (κ2) is 11.1. The van der Waals surface area contributed by atoms with Crippen LogP contribution >= 0.6 is 0 Å². The maximum Gasteiger partial charge on any atom is 0.0158 e. The van der Waals surface area contributed by atoms with Crippen LogP contribution in [0.1, 0.15) is 55.4 Å². The molecule has 0 heterocycles. The summed E-state index contributed by atoms with van der Waals surface area (Å²) in [5, 5.41) is 0. The highest BCUT2D eigenvalue weighted by atomic mass is 14.4. The van der Waals surface area contributed by atoms with E-state index in [0.29, 0.717) is 0 Å². The molecule has 0 spiro atoms. The minimum Gasteiger partial charge on any atom is -0.0991 e. The standard InChI is InChI=1S/C17H22.2C2H6/c1-7-11-15-13(9-3)14(10-4)16(12-8-2)17(15,5)6;2*1-2/h7-12H,1-2H2,3-6H3;2*1-2H3/b13-9-,14-10?,15-11+,16-12+;;. The smallest absolute Gasteiger partial charge is 0.0158 e. The average molecular weight is 287 g/mol. The zero-order valence-corrected chi connectivity index (χ0v) is 15.4. The van der Waals surface area contributed by atoms with Crippen LogP contribution in [-0.4, -0.2) is 0 Å². The zero-order chi connectivity index (χ0) is 17.1. The highest BCUT2D eigenvalue weighted by Crippen LogP contribution is 2.52. The summed E-state index contributed by atoms with van der Waals surface area (Å²) >= 11 is 0. The number of rotatable bonds is 2. The van der Waals surface area contributed by atoms with E-state index in [1.54, 1.807) is 0 Å². The molecule has 1 aliphatic carbocycles.